The average Bonchev–Trinajstić information content (AvgIpc) is 2.57. The Bertz CT molecular complexity index is 672. The summed E-state index contributed by atoms with van der Waals surface area (Å²) in [5.74, 6) is -0.935. The molecule has 0 fully saturated rings. The first-order valence-electron chi connectivity index (χ1n) is 6.44. The summed E-state index contributed by atoms with van der Waals surface area (Å²) >= 11 is 0. The van der Waals surface area contributed by atoms with Crippen LogP contribution in [-0.2, 0) is 9.47 Å². The highest BCUT2D eigenvalue weighted by Gasteiger charge is 2.30. The number of ether oxygens (including phenoxy) is 4. The molecule has 0 N–H and O–H groups in total. The van der Waals surface area contributed by atoms with Crippen LogP contribution in [0.25, 0.3) is 10.8 Å². The van der Waals surface area contributed by atoms with E-state index in [1.807, 2.05) is 0 Å². The van der Waals surface area contributed by atoms with Crippen molar-refractivity contribution in [3.05, 3.63) is 35.4 Å². The van der Waals surface area contributed by atoms with Crippen LogP contribution in [0.1, 0.15) is 20.7 Å². The normalized spacial score (nSPS) is 10.2. The van der Waals surface area contributed by atoms with Gasteiger partial charge in [0.15, 0.2) is 0 Å². The second kappa shape index (κ2) is 6.34. The van der Waals surface area contributed by atoms with E-state index in [-0.39, 0.29) is 22.6 Å². The van der Waals surface area contributed by atoms with Crippen LogP contribution >= 0.6 is 0 Å². The van der Waals surface area contributed by atoms with Gasteiger partial charge in [-0.05, 0) is 0 Å². The first kappa shape index (κ1) is 15.6. The average molecular weight is 304 g/mol. The number of carbonyl (C=O) groups is 2. The first-order valence-corrected chi connectivity index (χ1v) is 6.44. The van der Waals surface area contributed by atoms with Crippen molar-refractivity contribution in [3.63, 3.8) is 0 Å². The lowest BCUT2D eigenvalue weighted by Crippen LogP contribution is -2.15. The zero-order chi connectivity index (χ0) is 16.3. The summed E-state index contributed by atoms with van der Waals surface area (Å²) < 4.78 is 20.3. The topological polar surface area (TPSA) is 71.1 Å². The number of rotatable bonds is 4. The molecule has 0 aliphatic rings. The summed E-state index contributed by atoms with van der Waals surface area (Å²) in [6.07, 6.45) is 0. The summed E-state index contributed by atoms with van der Waals surface area (Å²) in [5, 5.41) is 1.27. The smallest absolute Gasteiger partial charge is 0.342 e. The molecule has 6 heteroatoms. The van der Waals surface area contributed by atoms with E-state index in [4.69, 9.17) is 18.9 Å². The Morgan fingerprint density at radius 3 is 1.36 bits per heavy atom. The molecule has 0 aliphatic carbocycles. The van der Waals surface area contributed by atoms with Crippen molar-refractivity contribution in [1.29, 1.82) is 0 Å². The van der Waals surface area contributed by atoms with E-state index >= 15 is 0 Å². The molecule has 22 heavy (non-hydrogen) atoms. The minimum absolute atomic E-state index is 0.0209. The molecule has 2 rings (SSSR count). The maximum Gasteiger partial charge on any atom is 0.342 e. The minimum atomic E-state index is -0.707. The number of fused-ring (bicyclic) bond motifs is 1. The van der Waals surface area contributed by atoms with Gasteiger partial charge in [-0.3, -0.25) is 0 Å². The summed E-state index contributed by atoms with van der Waals surface area (Å²) in [7, 11) is 5.29. The van der Waals surface area contributed by atoms with Crippen molar-refractivity contribution in [1.82, 2.24) is 0 Å². The van der Waals surface area contributed by atoms with Gasteiger partial charge >= 0.3 is 11.9 Å². The highest BCUT2D eigenvalue weighted by Crippen LogP contribution is 2.41. The van der Waals surface area contributed by atoms with Crippen molar-refractivity contribution in [3.8, 4) is 11.5 Å². The van der Waals surface area contributed by atoms with Crippen molar-refractivity contribution in [2.45, 2.75) is 0 Å². The van der Waals surface area contributed by atoms with E-state index in [0.717, 1.165) is 0 Å². The second-order valence-corrected chi connectivity index (χ2v) is 4.35. The van der Waals surface area contributed by atoms with Crippen LogP contribution in [0.15, 0.2) is 24.3 Å². The van der Waals surface area contributed by atoms with Gasteiger partial charge in [-0.25, -0.2) is 9.59 Å². The zero-order valence-corrected chi connectivity index (χ0v) is 12.8. The van der Waals surface area contributed by atoms with E-state index in [0.29, 0.717) is 10.8 Å². The van der Waals surface area contributed by atoms with Gasteiger partial charge in [-0.2, -0.15) is 0 Å². The number of hydrogen-bond donors (Lipinski definition) is 0. The molecule has 2 aromatic rings. The molecule has 0 saturated heterocycles. The fourth-order valence-electron chi connectivity index (χ4n) is 2.39. The highest BCUT2D eigenvalue weighted by molar-refractivity contribution is 6.14. The first-order chi connectivity index (χ1) is 10.6. The molecule has 0 radical (unpaired) electrons. The number of hydrogen-bond acceptors (Lipinski definition) is 6. The highest BCUT2D eigenvalue weighted by atomic mass is 16.5. The monoisotopic (exact) mass is 304 g/mol. The van der Waals surface area contributed by atoms with E-state index in [2.05, 4.69) is 0 Å². The number of esters is 2. The summed E-state index contributed by atoms with van der Waals surface area (Å²) in [6.45, 7) is 0. The van der Waals surface area contributed by atoms with Gasteiger partial charge in [0, 0.05) is 10.8 Å². The predicted octanol–water partition coefficient (Wildman–Crippen LogP) is 2.43. The van der Waals surface area contributed by atoms with Gasteiger partial charge in [0.2, 0.25) is 0 Å². The van der Waals surface area contributed by atoms with Gasteiger partial charge in [0.05, 0.1) is 28.4 Å². The van der Waals surface area contributed by atoms with Crippen LogP contribution in [-0.4, -0.2) is 40.4 Å². The van der Waals surface area contributed by atoms with Gasteiger partial charge in [0.1, 0.15) is 22.6 Å². The van der Waals surface area contributed by atoms with Gasteiger partial charge in [-0.1, -0.05) is 24.3 Å². The Balaban J connectivity index is 3.04. The second-order valence-electron chi connectivity index (χ2n) is 4.35. The predicted molar refractivity (Wildman–Crippen MR) is 79.7 cm³/mol. The van der Waals surface area contributed by atoms with Crippen LogP contribution in [0, 0.1) is 0 Å². The van der Waals surface area contributed by atoms with E-state index < -0.39 is 11.9 Å². The Hall–Kier alpha value is -2.76. The number of methoxy groups -OCH3 is 4. The van der Waals surface area contributed by atoms with E-state index in [1.165, 1.54) is 28.4 Å². The minimum Gasteiger partial charge on any atom is -0.495 e. The van der Waals surface area contributed by atoms with Crippen molar-refractivity contribution < 1.29 is 28.5 Å². The quantitative estimate of drug-likeness (QED) is 0.808. The maximum atomic E-state index is 12.2. The third-order valence-electron chi connectivity index (χ3n) is 3.31. The standard InChI is InChI=1S/C16H16O6/c1-19-13-9-7-5-6-8-10(9)14(20-2)12(16(18)22-4)11(13)15(17)21-3/h5-8H,1-4H3. The summed E-state index contributed by atoms with van der Waals surface area (Å²) in [6, 6.07) is 7.13. The number of carbonyl (C=O) groups excluding carboxylic acids is 2. The molecule has 0 amide bonds. The van der Waals surface area contributed by atoms with E-state index in [1.54, 1.807) is 24.3 Å². The van der Waals surface area contributed by atoms with E-state index in [9.17, 15) is 9.59 Å². The van der Waals surface area contributed by atoms with Gasteiger partial charge in [0.25, 0.3) is 0 Å². The Morgan fingerprint density at radius 1 is 0.727 bits per heavy atom. The lowest BCUT2D eigenvalue weighted by Gasteiger charge is -2.18. The lowest BCUT2D eigenvalue weighted by atomic mass is 9.97. The van der Waals surface area contributed by atoms with Crippen molar-refractivity contribution >= 4 is 22.7 Å². The summed E-state index contributed by atoms with van der Waals surface area (Å²) in [5.41, 5.74) is -0.0419. The number of benzene rings is 2. The van der Waals surface area contributed by atoms with Crippen LogP contribution in [0.5, 0.6) is 11.5 Å². The molecular weight excluding hydrogens is 288 g/mol. The Kier molecular flexibility index (Phi) is 4.50. The molecule has 0 spiro atoms. The molecule has 6 nitrogen and oxygen atoms in total. The SMILES string of the molecule is COC(=O)c1c(C(=O)OC)c(OC)c2ccccc2c1OC. The fourth-order valence-corrected chi connectivity index (χ4v) is 2.39. The molecular formula is C16H16O6. The molecule has 0 saturated carbocycles. The van der Waals surface area contributed by atoms with Gasteiger partial charge < -0.3 is 18.9 Å². The summed E-state index contributed by atoms with van der Waals surface area (Å²) in [4.78, 5) is 24.4. The molecule has 0 heterocycles. The lowest BCUT2D eigenvalue weighted by molar-refractivity contribution is 0.0549. The van der Waals surface area contributed by atoms with Crippen LogP contribution in [0.2, 0.25) is 0 Å². The molecule has 0 aliphatic heterocycles. The molecule has 0 atom stereocenters. The largest absolute Gasteiger partial charge is 0.495 e. The molecule has 0 aromatic heterocycles. The zero-order valence-electron chi connectivity index (χ0n) is 12.8. The van der Waals surface area contributed by atoms with Crippen LogP contribution in [0.4, 0.5) is 0 Å². The Labute approximate surface area is 127 Å². The molecule has 2 aromatic carbocycles. The molecule has 116 valence electrons. The maximum absolute atomic E-state index is 12.2. The van der Waals surface area contributed by atoms with Crippen LogP contribution in [0.3, 0.4) is 0 Å². The van der Waals surface area contributed by atoms with Crippen LogP contribution < -0.4 is 9.47 Å². The fraction of sp³-hybridized carbons (Fsp3) is 0.250. The molecule has 0 unspecified atom stereocenters. The van der Waals surface area contributed by atoms with Crippen molar-refractivity contribution in [2.75, 3.05) is 28.4 Å². The molecule has 0 bridgehead atoms. The van der Waals surface area contributed by atoms with Crippen molar-refractivity contribution in [2.24, 2.45) is 0 Å². The third-order valence-corrected chi connectivity index (χ3v) is 3.31. The third kappa shape index (κ3) is 2.32. The Morgan fingerprint density at radius 2 is 1.09 bits per heavy atom. The van der Waals surface area contributed by atoms with Gasteiger partial charge in [-0.15, -0.1) is 0 Å².